The van der Waals surface area contributed by atoms with Gasteiger partial charge in [0.1, 0.15) is 0 Å². The third-order valence-corrected chi connectivity index (χ3v) is 3.76. The Kier molecular flexibility index (Phi) is 2.94. The maximum atomic E-state index is 5.31. The van der Waals surface area contributed by atoms with Gasteiger partial charge in [-0.1, -0.05) is 30.7 Å². The Balaban J connectivity index is 1.86. The molecule has 16 heavy (non-hydrogen) atoms. The van der Waals surface area contributed by atoms with Crippen molar-refractivity contribution in [3.05, 3.63) is 35.4 Å². The minimum absolute atomic E-state index is 0.575. The molecule has 1 N–H and O–H groups in total. The van der Waals surface area contributed by atoms with Gasteiger partial charge < -0.3 is 10.1 Å². The van der Waals surface area contributed by atoms with Crippen molar-refractivity contribution >= 4 is 0 Å². The fourth-order valence-corrected chi connectivity index (χ4v) is 2.73. The van der Waals surface area contributed by atoms with E-state index in [1.54, 1.807) is 0 Å². The van der Waals surface area contributed by atoms with Gasteiger partial charge in [0.2, 0.25) is 0 Å². The van der Waals surface area contributed by atoms with Gasteiger partial charge in [0.05, 0.1) is 13.2 Å². The van der Waals surface area contributed by atoms with Gasteiger partial charge in [0, 0.05) is 12.0 Å². The smallest absolute Gasteiger partial charge is 0.0557 e. The quantitative estimate of drug-likeness (QED) is 0.822. The summed E-state index contributed by atoms with van der Waals surface area (Å²) in [6.45, 7) is 2.98. The van der Waals surface area contributed by atoms with Crippen molar-refractivity contribution < 1.29 is 4.74 Å². The SMILES string of the molecule is c1ccc(C2CCCCN2)c(C2COC2)c1. The van der Waals surface area contributed by atoms with Crippen LogP contribution in [0, 0.1) is 0 Å². The van der Waals surface area contributed by atoms with Gasteiger partial charge in [-0.15, -0.1) is 0 Å². The van der Waals surface area contributed by atoms with E-state index in [9.17, 15) is 0 Å². The van der Waals surface area contributed by atoms with Crippen LogP contribution < -0.4 is 5.32 Å². The van der Waals surface area contributed by atoms with Gasteiger partial charge >= 0.3 is 0 Å². The van der Waals surface area contributed by atoms with Crippen LogP contribution in [0.5, 0.6) is 0 Å². The second-order valence-corrected chi connectivity index (χ2v) is 4.87. The molecule has 0 amide bonds. The van der Waals surface area contributed by atoms with Crippen LogP contribution in [0.1, 0.15) is 42.3 Å². The minimum Gasteiger partial charge on any atom is -0.380 e. The lowest BCUT2D eigenvalue weighted by Crippen LogP contribution is -2.31. The van der Waals surface area contributed by atoms with Crippen molar-refractivity contribution in [2.75, 3.05) is 19.8 Å². The summed E-state index contributed by atoms with van der Waals surface area (Å²) in [6, 6.07) is 9.45. The van der Waals surface area contributed by atoms with E-state index in [4.69, 9.17) is 4.74 Å². The summed E-state index contributed by atoms with van der Waals surface area (Å²) < 4.78 is 5.31. The number of hydrogen-bond donors (Lipinski definition) is 1. The third kappa shape index (κ3) is 1.87. The largest absolute Gasteiger partial charge is 0.380 e. The van der Waals surface area contributed by atoms with Gasteiger partial charge in [0.15, 0.2) is 0 Å². The summed E-state index contributed by atoms with van der Waals surface area (Å²) in [5.74, 6) is 0.639. The van der Waals surface area contributed by atoms with Gasteiger partial charge in [0.25, 0.3) is 0 Å². The average Bonchev–Trinajstić information content (AvgIpc) is 2.29. The molecule has 2 saturated heterocycles. The van der Waals surface area contributed by atoms with E-state index in [1.807, 2.05) is 0 Å². The number of benzene rings is 1. The normalized spacial score (nSPS) is 26.4. The van der Waals surface area contributed by atoms with E-state index in [1.165, 1.54) is 36.9 Å². The van der Waals surface area contributed by atoms with Gasteiger partial charge in [-0.2, -0.15) is 0 Å². The molecule has 1 aromatic rings. The first-order valence-electron chi connectivity index (χ1n) is 6.35. The van der Waals surface area contributed by atoms with Crippen LogP contribution in [-0.2, 0) is 4.74 Å². The molecule has 0 aliphatic carbocycles. The molecule has 2 heteroatoms. The van der Waals surface area contributed by atoms with E-state index >= 15 is 0 Å². The maximum Gasteiger partial charge on any atom is 0.0557 e. The second kappa shape index (κ2) is 4.56. The fraction of sp³-hybridized carbons (Fsp3) is 0.571. The Bertz CT molecular complexity index is 354. The Morgan fingerprint density at radius 3 is 2.50 bits per heavy atom. The molecule has 0 radical (unpaired) electrons. The highest BCUT2D eigenvalue weighted by atomic mass is 16.5. The van der Waals surface area contributed by atoms with Crippen molar-refractivity contribution in [1.82, 2.24) is 5.32 Å². The molecule has 2 heterocycles. The maximum absolute atomic E-state index is 5.31. The van der Waals surface area contributed by atoms with Crippen LogP contribution in [0.4, 0.5) is 0 Å². The molecule has 2 aliphatic rings. The lowest BCUT2D eigenvalue weighted by atomic mass is 9.87. The van der Waals surface area contributed by atoms with Crippen molar-refractivity contribution in [1.29, 1.82) is 0 Å². The van der Waals surface area contributed by atoms with Crippen molar-refractivity contribution in [3.63, 3.8) is 0 Å². The molecule has 1 aromatic carbocycles. The predicted molar refractivity (Wildman–Crippen MR) is 64.6 cm³/mol. The fourth-order valence-electron chi connectivity index (χ4n) is 2.73. The molecule has 0 bridgehead atoms. The lowest BCUT2D eigenvalue weighted by molar-refractivity contribution is 0.00783. The van der Waals surface area contributed by atoms with E-state index in [2.05, 4.69) is 29.6 Å². The highest BCUT2D eigenvalue weighted by molar-refractivity contribution is 5.34. The van der Waals surface area contributed by atoms with E-state index in [0.29, 0.717) is 12.0 Å². The summed E-state index contributed by atoms with van der Waals surface area (Å²) in [7, 11) is 0. The first-order chi connectivity index (χ1) is 7.95. The molecule has 2 fully saturated rings. The van der Waals surface area contributed by atoms with Crippen LogP contribution in [0.2, 0.25) is 0 Å². The topological polar surface area (TPSA) is 21.3 Å². The molecular formula is C14H19NO. The highest BCUT2D eigenvalue weighted by Gasteiger charge is 2.26. The second-order valence-electron chi connectivity index (χ2n) is 4.87. The molecule has 0 saturated carbocycles. The van der Waals surface area contributed by atoms with E-state index in [0.717, 1.165) is 13.2 Å². The number of rotatable bonds is 2. The lowest BCUT2D eigenvalue weighted by Gasteiger charge is -2.32. The number of ether oxygens (including phenoxy) is 1. The third-order valence-electron chi connectivity index (χ3n) is 3.76. The summed E-state index contributed by atoms with van der Waals surface area (Å²) in [5.41, 5.74) is 3.02. The number of hydrogen-bond acceptors (Lipinski definition) is 2. The minimum atomic E-state index is 0.575. The summed E-state index contributed by atoms with van der Waals surface area (Å²) in [6.07, 6.45) is 3.96. The zero-order valence-electron chi connectivity index (χ0n) is 9.61. The Labute approximate surface area is 97.0 Å². The number of nitrogens with one attached hydrogen (secondary N) is 1. The first kappa shape index (κ1) is 10.3. The van der Waals surface area contributed by atoms with Gasteiger partial charge in [-0.25, -0.2) is 0 Å². The Morgan fingerprint density at radius 1 is 1.06 bits per heavy atom. The predicted octanol–water partition coefficient (Wildman–Crippen LogP) is 2.62. The zero-order valence-corrected chi connectivity index (χ0v) is 9.61. The van der Waals surface area contributed by atoms with Crippen LogP contribution >= 0.6 is 0 Å². The Morgan fingerprint density at radius 2 is 1.88 bits per heavy atom. The molecule has 2 aliphatic heterocycles. The zero-order chi connectivity index (χ0) is 10.8. The van der Waals surface area contributed by atoms with Gasteiger partial charge in [-0.3, -0.25) is 0 Å². The van der Waals surface area contributed by atoms with Crippen LogP contribution in [0.15, 0.2) is 24.3 Å². The Hall–Kier alpha value is -0.860. The van der Waals surface area contributed by atoms with Crippen LogP contribution in [0.3, 0.4) is 0 Å². The molecule has 0 spiro atoms. The van der Waals surface area contributed by atoms with E-state index < -0.39 is 0 Å². The summed E-state index contributed by atoms with van der Waals surface area (Å²) in [4.78, 5) is 0. The van der Waals surface area contributed by atoms with Crippen LogP contribution in [0.25, 0.3) is 0 Å². The first-order valence-corrected chi connectivity index (χ1v) is 6.35. The highest BCUT2D eigenvalue weighted by Crippen LogP contribution is 2.33. The number of piperidine rings is 1. The van der Waals surface area contributed by atoms with Crippen molar-refractivity contribution in [2.45, 2.75) is 31.2 Å². The molecule has 86 valence electrons. The molecule has 2 nitrogen and oxygen atoms in total. The standard InChI is InChI=1S/C14H19NO/c1-2-6-13(14-7-3-4-8-15-14)12(5-1)11-9-16-10-11/h1-2,5-6,11,14-15H,3-4,7-10H2. The van der Waals surface area contributed by atoms with Crippen molar-refractivity contribution in [2.24, 2.45) is 0 Å². The van der Waals surface area contributed by atoms with Crippen molar-refractivity contribution in [3.8, 4) is 0 Å². The molecule has 0 aromatic heterocycles. The molecular weight excluding hydrogens is 198 g/mol. The molecule has 1 atom stereocenters. The monoisotopic (exact) mass is 217 g/mol. The molecule has 1 unspecified atom stereocenters. The average molecular weight is 217 g/mol. The van der Waals surface area contributed by atoms with Crippen LogP contribution in [-0.4, -0.2) is 19.8 Å². The van der Waals surface area contributed by atoms with Gasteiger partial charge in [-0.05, 0) is 30.5 Å². The summed E-state index contributed by atoms with van der Waals surface area (Å²) >= 11 is 0. The molecule has 3 rings (SSSR count). The summed E-state index contributed by atoms with van der Waals surface area (Å²) in [5, 5.41) is 3.64. The van der Waals surface area contributed by atoms with E-state index in [-0.39, 0.29) is 0 Å².